The van der Waals surface area contributed by atoms with Gasteiger partial charge in [0.1, 0.15) is 10.6 Å². The van der Waals surface area contributed by atoms with Crippen molar-refractivity contribution in [2.75, 3.05) is 13.7 Å². The van der Waals surface area contributed by atoms with Crippen molar-refractivity contribution >= 4 is 27.5 Å². The van der Waals surface area contributed by atoms with Crippen molar-refractivity contribution in [1.29, 1.82) is 0 Å². The first-order valence-electron chi connectivity index (χ1n) is 9.11. The number of hydrogen-bond donors (Lipinski definition) is 1. The van der Waals surface area contributed by atoms with Gasteiger partial charge in [-0.15, -0.1) is 0 Å². The molecule has 2 aromatic rings. The van der Waals surface area contributed by atoms with Crippen molar-refractivity contribution in [3.63, 3.8) is 0 Å². The number of sulfonamides is 1. The van der Waals surface area contributed by atoms with Gasteiger partial charge in [-0.1, -0.05) is 29.8 Å². The van der Waals surface area contributed by atoms with Crippen LogP contribution in [0.4, 0.5) is 0 Å². The molecule has 1 heterocycles. The maximum atomic E-state index is 13.3. The average Bonchev–Trinajstić information content (AvgIpc) is 3.29. The third-order valence-electron chi connectivity index (χ3n) is 5.50. The molecule has 0 aromatic heterocycles. The summed E-state index contributed by atoms with van der Waals surface area (Å²) >= 11 is 6.04. The molecule has 2 aromatic carbocycles. The molecule has 28 heavy (non-hydrogen) atoms. The Morgan fingerprint density at radius 3 is 2.61 bits per heavy atom. The second-order valence-electron chi connectivity index (χ2n) is 7.22. The Hall–Kier alpha value is -2.09. The molecule has 1 amide bonds. The number of halogens is 1. The van der Waals surface area contributed by atoms with Crippen LogP contribution < -0.4 is 10.1 Å². The zero-order valence-electron chi connectivity index (χ0n) is 15.3. The van der Waals surface area contributed by atoms with E-state index in [0.29, 0.717) is 17.1 Å². The van der Waals surface area contributed by atoms with Gasteiger partial charge >= 0.3 is 0 Å². The molecular weight excluding hydrogens is 400 g/mol. The van der Waals surface area contributed by atoms with Crippen LogP contribution in [0.5, 0.6) is 5.75 Å². The number of carbonyl (C=O) groups excluding carboxylic acids is 1. The van der Waals surface area contributed by atoms with Gasteiger partial charge in [-0.25, -0.2) is 8.42 Å². The second kappa shape index (κ2) is 7.39. The zero-order valence-corrected chi connectivity index (χ0v) is 16.9. The minimum absolute atomic E-state index is 0.0585. The molecule has 0 radical (unpaired) electrons. The average molecular weight is 421 g/mol. The topological polar surface area (TPSA) is 75.7 Å². The lowest BCUT2D eigenvalue weighted by Gasteiger charge is -2.33. The Morgan fingerprint density at radius 2 is 1.93 bits per heavy atom. The Morgan fingerprint density at radius 1 is 1.18 bits per heavy atom. The van der Waals surface area contributed by atoms with Gasteiger partial charge in [0.25, 0.3) is 5.91 Å². The molecule has 1 saturated carbocycles. The second-order valence-corrected chi connectivity index (χ2v) is 9.52. The molecule has 6 nitrogen and oxygen atoms in total. The summed E-state index contributed by atoms with van der Waals surface area (Å²) in [6, 6.07) is 13.0. The van der Waals surface area contributed by atoms with E-state index in [4.69, 9.17) is 16.3 Å². The summed E-state index contributed by atoms with van der Waals surface area (Å²) < 4.78 is 33.4. The summed E-state index contributed by atoms with van der Waals surface area (Å²) in [5, 5.41) is 3.35. The fourth-order valence-corrected chi connectivity index (χ4v) is 6.39. The molecule has 2 bridgehead atoms. The summed E-state index contributed by atoms with van der Waals surface area (Å²) in [5.74, 6) is 0.305. The number of nitrogens with one attached hydrogen (secondary N) is 1. The highest BCUT2D eigenvalue weighted by Gasteiger charge is 2.50. The number of rotatable bonds is 5. The Labute approximate surface area is 169 Å². The van der Waals surface area contributed by atoms with Crippen molar-refractivity contribution in [2.45, 2.75) is 29.8 Å². The number of piperidine rings is 1. The highest BCUT2D eigenvalue weighted by molar-refractivity contribution is 7.89. The van der Waals surface area contributed by atoms with Crippen molar-refractivity contribution in [1.82, 2.24) is 9.62 Å². The van der Waals surface area contributed by atoms with Gasteiger partial charge in [0.15, 0.2) is 0 Å². The molecule has 2 aliphatic rings. The van der Waals surface area contributed by atoms with Crippen molar-refractivity contribution in [2.24, 2.45) is 5.92 Å². The first-order chi connectivity index (χ1) is 13.4. The molecule has 148 valence electrons. The summed E-state index contributed by atoms with van der Waals surface area (Å²) in [5.41, 5.74) is 0.566. The lowest BCUT2D eigenvalue weighted by molar-refractivity contribution is 0.0917. The summed E-state index contributed by atoms with van der Waals surface area (Å²) in [4.78, 5) is 12.6. The summed E-state index contributed by atoms with van der Waals surface area (Å²) in [7, 11) is -2.36. The first-order valence-corrected chi connectivity index (χ1v) is 10.9. The van der Waals surface area contributed by atoms with Crippen LogP contribution in [-0.2, 0) is 10.0 Å². The predicted octanol–water partition coefficient (Wildman–Crippen LogP) is 2.93. The van der Waals surface area contributed by atoms with Crippen LogP contribution in [-0.4, -0.2) is 44.4 Å². The van der Waals surface area contributed by atoms with E-state index in [1.807, 2.05) is 6.07 Å². The fraction of sp³-hybridized carbons (Fsp3) is 0.350. The fourth-order valence-electron chi connectivity index (χ4n) is 4.23. The molecule has 1 N–H and O–H groups in total. The van der Waals surface area contributed by atoms with Crippen molar-refractivity contribution < 1.29 is 17.9 Å². The highest BCUT2D eigenvalue weighted by Crippen LogP contribution is 2.42. The van der Waals surface area contributed by atoms with E-state index >= 15 is 0 Å². The van der Waals surface area contributed by atoms with Crippen LogP contribution in [0.3, 0.4) is 0 Å². The molecule has 1 aliphatic carbocycles. The third-order valence-corrected chi connectivity index (χ3v) is 7.65. The molecule has 1 saturated heterocycles. The zero-order chi connectivity index (χ0) is 19.9. The highest BCUT2D eigenvalue weighted by atomic mass is 35.5. The number of nitrogens with zero attached hydrogens (tertiary/aromatic N) is 1. The van der Waals surface area contributed by atoms with E-state index in [9.17, 15) is 13.2 Å². The Kier molecular flexibility index (Phi) is 5.07. The van der Waals surface area contributed by atoms with E-state index in [1.54, 1.807) is 36.4 Å². The van der Waals surface area contributed by atoms with Gasteiger partial charge < -0.3 is 10.1 Å². The smallest absolute Gasteiger partial charge is 0.251 e. The van der Waals surface area contributed by atoms with Crippen LogP contribution in [0, 0.1) is 5.92 Å². The van der Waals surface area contributed by atoms with E-state index in [-0.39, 0.29) is 34.6 Å². The normalized spacial score (nSPS) is 24.3. The SMILES string of the molecule is COc1ccc(Cl)cc1S(=O)(=O)N1C[C@@H]2C[C@H](NC(=O)c3ccccc3)[C@H]1C2. The van der Waals surface area contributed by atoms with Gasteiger partial charge in [0, 0.05) is 29.2 Å². The van der Waals surface area contributed by atoms with Crippen LogP contribution in [0.25, 0.3) is 0 Å². The standard InChI is InChI=1S/C20H21ClN2O4S/c1-27-18-8-7-15(21)11-19(18)28(25,26)23-12-13-9-16(17(23)10-13)22-20(24)14-5-3-2-4-6-14/h2-8,11,13,16-17H,9-10,12H2,1H3,(H,22,24)/t13-,16+,17-/m1/s1. The largest absolute Gasteiger partial charge is 0.495 e. The van der Waals surface area contributed by atoms with Crippen LogP contribution >= 0.6 is 11.6 Å². The molecule has 0 unspecified atom stereocenters. The van der Waals surface area contributed by atoms with E-state index < -0.39 is 10.0 Å². The lowest BCUT2D eigenvalue weighted by atomic mass is 10.1. The quantitative estimate of drug-likeness (QED) is 0.806. The number of carbonyl (C=O) groups is 1. The van der Waals surface area contributed by atoms with Gasteiger partial charge in [-0.05, 0) is 49.1 Å². The summed E-state index contributed by atoms with van der Waals surface area (Å²) in [6.45, 7) is 0.445. The number of benzene rings is 2. The maximum Gasteiger partial charge on any atom is 0.251 e. The number of amides is 1. The van der Waals surface area contributed by atoms with E-state index in [1.165, 1.54) is 17.5 Å². The third kappa shape index (κ3) is 3.38. The number of fused-ring (bicyclic) bond motifs is 2. The number of hydrogen-bond acceptors (Lipinski definition) is 4. The van der Waals surface area contributed by atoms with Gasteiger partial charge in [-0.2, -0.15) is 4.31 Å². The van der Waals surface area contributed by atoms with Crippen LogP contribution in [0.15, 0.2) is 53.4 Å². The monoisotopic (exact) mass is 420 g/mol. The van der Waals surface area contributed by atoms with Crippen molar-refractivity contribution in [3.05, 3.63) is 59.1 Å². The van der Waals surface area contributed by atoms with Gasteiger partial charge in [-0.3, -0.25) is 4.79 Å². The minimum atomic E-state index is -3.80. The van der Waals surface area contributed by atoms with Gasteiger partial charge in [0.05, 0.1) is 7.11 Å². The first kappa shape index (κ1) is 19.2. The number of methoxy groups -OCH3 is 1. The Balaban J connectivity index is 1.58. The van der Waals surface area contributed by atoms with E-state index in [2.05, 4.69) is 5.32 Å². The van der Waals surface area contributed by atoms with Crippen molar-refractivity contribution in [3.8, 4) is 5.75 Å². The molecule has 2 fully saturated rings. The minimum Gasteiger partial charge on any atom is -0.495 e. The predicted molar refractivity (Wildman–Crippen MR) is 106 cm³/mol. The molecular formula is C20H21ClN2O4S. The molecule has 1 aliphatic heterocycles. The van der Waals surface area contributed by atoms with Crippen LogP contribution in [0.1, 0.15) is 23.2 Å². The van der Waals surface area contributed by atoms with Crippen LogP contribution in [0.2, 0.25) is 5.02 Å². The molecule has 0 spiro atoms. The van der Waals surface area contributed by atoms with Gasteiger partial charge in [0.2, 0.25) is 10.0 Å². The number of ether oxygens (including phenoxy) is 1. The molecule has 8 heteroatoms. The Bertz CT molecular complexity index is 997. The molecule has 4 rings (SSSR count). The van der Waals surface area contributed by atoms with E-state index in [0.717, 1.165) is 12.8 Å². The molecule has 3 atom stereocenters. The maximum absolute atomic E-state index is 13.3. The summed E-state index contributed by atoms with van der Waals surface area (Å²) in [6.07, 6.45) is 1.52. The lowest BCUT2D eigenvalue weighted by Crippen LogP contribution is -2.51.